The number of carbonyl (C=O) groups excluding carboxylic acids is 2. The van der Waals surface area contributed by atoms with E-state index < -0.39 is 0 Å². The monoisotopic (exact) mass is 382 g/mol. The second-order valence-electron chi connectivity index (χ2n) is 7.56. The Morgan fingerprint density at radius 3 is 2.52 bits per heavy atom. The van der Waals surface area contributed by atoms with Crippen molar-refractivity contribution in [2.24, 2.45) is 5.92 Å². The number of piperidine rings is 2. The van der Waals surface area contributed by atoms with Gasteiger partial charge in [0.1, 0.15) is 0 Å². The predicted octanol–water partition coefficient (Wildman–Crippen LogP) is 4.28. The van der Waals surface area contributed by atoms with Gasteiger partial charge in [-0.2, -0.15) is 0 Å². The zero-order valence-corrected chi connectivity index (χ0v) is 16.4. The van der Waals surface area contributed by atoms with E-state index in [1.165, 1.54) is 0 Å². The van der Waals surface area contributed by atoms with Crippen molar-refractivity contribution < 1.29 is 9.59 Å². The van der Waals surface area contributed by atoms with Gasteiger partial charge in [-0.05, 0) is 49.3 Å². The molecular formula is C22H26N2O2S. The summed E-state index contributed by atoms with van der Waals surface area (Å²) in [5.74, 6) is 0.987. The molecule has 2 aliphatic heterocycles. The molecule has 142 valence electrons. The van der Waals surface area contributed by atoms with Crippen molar-refractivity contribution in [1.29, 1.82) is 0 Å². The maximum atomic E-state index is 12.9. The minimum absolute atomic E-state index is 0.148. The van der Waals surface area contributed by atoms with Crippen LogP contribution in [0, 0.1) is 5.92 Å². The predicted molar refractivity (Wildman–Crippen MR) is 109 cm³/mol. The Morgan fingerprint density at radius 2 is 1.78 bits per heavy atom. The highest BCUT2D eigenvalue weighted by Gasteiger charge is 2.27. The first-order chi connectivity index (χ1) is 13.2. The molecule has 0 bridgehead atoms. The van der Waals surface area contributed by atoms with Crippen LogP contribution in [0.15, 0.2) is 42.5 Å². The van der Waals surface area contributed by atoms with Crippen molar-refractivity contribution in [2.75, 3.05) is 26.2 Å². The Kier molecular flexibility index (Phi) is 5.58. The summed E-state index contributed by atoms with van der Waals surface area (Å²) in [6, 6.07) is 14.2. The Morgan fingerprint density at radius 1 is 1.00 bits per heavy atom. The van der Waals surface area contributed by atoms with Gasteiger partial charge in [-0.3, -0.25) is 9.59 Å². The van der Waals surface area contributed by atoms with Crippen molar-refractivity contribution in [3.05, 3.63) is 47.3 Å². The molecule has 2 fully saturated rings. The maximum Gasteiger partial charge on any atom is 0.263 e. The Bertz CT molecular complexity index is 794. The van der Waals surface area contributed by atoms with Crippen LogP contribution in [0.2, 0.25) is 0 Å². The largest absolute Gasteiger partial charge is 0.342 e. The van der Waals surface area contributed by atoms with Crippen molar-refractivity contribution in [1.82, 2.24) is 9.80 Å². The SMILES string of the molecule is O=C1CCCCN1CC1CCN(C(=O)c2ccc(-c3ccccc3)s2)CC1. The number of carbonyl (C=O) groups is 2. The van der Waals surface area contributed by atoms with Crippen LogP contribution in [0.4, 0.5) is 0 Å². The normalized spacial score (nSPS) is 18.7. The second-order valence-corrected chi connectivity index (χ2v) is 8.65. The van der Waals surface area contributed by atoms with Crippen LogP contribution >= 0.6 is 11.3 Å². The van der Waals surface area contributed by atoms with Gasteiger partial charge in [0.2, 0.25) is 5.91 Å². The van der Waals surface area contributed by atoms with Gasteiger partial charge in [0.05, 0.1) is 4.88 Å². The summed E-state index contributed by atoms with van der Waals surface area (Å²) < 4.78 is 0. The quantitative estimate of drug-likeness (QED) is 0.792. The molecule has 2 aliphatic rings. The topological polar surface area (TPSA) is 40.6 Å². The van der Waals surface area contributed by atoms with Gasteiger partial charge in [0.25, 0.3) is 5.91 Å². The first kappa shape index (κ1) is 18.2. The molecule has 5 heteroatoms. The third-order valence-electron chi connectivity index (χ3n) is 5.68. The smallest absolute Gasteiger partial charge is 0.263 e. The summed E-state index contributed by atoms with van der Waals surface area (Å²) in [5, 5.41) is 0. The van der Waals surface area contributed by atoms with E-state index in [9.17, 15) is 9.59 Å². The Balaban J connectivity index is 1.32. The zero-order valence-electron chi connectivity index (χ0n) is 15.6. The molecule has 2 aromatic rings. The summed E-state index contributed by atoms with van der Waals surface area (Å²) >= 11 is 1.57. The molecule has 0 saturated carbocycles. The minimum Gasteiger partial charge on any atom is -0.342 e. The maximum absolute atomic E-state index is 12.9. The minimum atomic E-state index is 0.148. The third kappa shape index (κ3) is 4.24. The first-order valence-electron chi connectivity index (χ1n) is 9.93. The molecular weight excluding hydrogens is 356 g/mol. The van der Waals surface area contributed by atoms with E-state index in [1.54, 1.807) is 11.3 Å². The lowest BCUT2D eigenvalue weighted by Gasteiger charge is -2.36. The summed E-state index contributed by atoms with van der Waals surface area (Å²) in [6.45, 7) is 3.38. The van der Waals surface area contributed by atoms with Crippen molar-refractivity contribution in [2.45, 2.75) is 32.1 Å². The lowest BCUT2D eigenvalue weighted by Crippen LogP contribution is -2.44. The number of hydrogen-bond donors (Lipinski definition) is 0. The van der Waals surface area contributed by atoms with E-state index in [0.29, 0.717) is 18.2 Å². The van der Waals surface area contributed by atoms with Crippen LogP contribution in [0.1, 0.15) is 41.8 Å². The molecule has 1 aromatic carbocycles. The Labute approximate surface area is 164 Å². The second kappa shape index (κ2) is 8.26. The van der Waals surface area contributed by atoms with E-state index in [4.69, 9.17) is 0 Å². The lowest BCUT2D eigenvalue weighted by molar-refractivity contribution is -0.134. The molecule has 0 N–H and O–H groups in total. The van der Waals surface area contributed by atoms with Crippen LogP contribution in [0.5, 0.6) is 0 Å². The summed E-state index contributed by atoms with van der Waals surface area (Å²) in [6.07, 6.45) is 4.86. The van der Waals surface area contributed by atoms with Crippen LogP contribution in [0.25, 0.3) is 10.4 Å². The molecule has 27 heavy (non-hydrogen) atoms. The average Bonchev–Trinajstić information content (AvgIpc) is 3.21. The van der Waals surface area contributed by atoms with Crippen molar-refractivity contribution >= 4 is 23.2 Å². The highest BCUT2D eigenvalue weighted by Crippen LogP contribution is 2.30. The molecule has 0 radical (unpaired) electrons. The van der Waals surface area contributed by atoms with Crippen LogP contribution in [0.3, 0.4) is 0 Å². The van der Waals surface area contributed by atoms with E-state index in [1.807, 2.05) is 40.1 Å². The van der Waals surface area contributed by atoms with Gasteiger partial charge in [-0.25, -0.2) is 0 Å². The number of nitrogens with zero attached hydrogens (tertiary/aromatic N) is 2. The van der Waals surface area contributed by atoms with Crippen molar-refractivity contribution in [3.8, 4) is 10.4 Å². The number of rotatable bonds is 4. The van der Waals surface area contributed by atoms with E-state index >= 15 is 0 Å². The summed E-state index contributed by atoms with van der Waals surface area (Å²) in [4.78, 5) is 30.8. The number of hydrogen-bond acceptors (Lipinski definition) is 3. The standard InChI is InChI=1S/C22H26N2O2S/c25-21-8-4-5-13-24(21)16-17-11-14-23(15-12-17)22(26)20-10-9-19(27-20)18-6-2-1-3-7-18/h1-3,6-7,9-10,17H,4-5,8,11-16H2. The van der Waals surface area contributed by atoms with Gasteiger partial charge < -0.3 is 9.80 Å². The van der Waals surface area contributed by atoms with Crippen LogP contribution < -0.4 is 0 Å². The molecule has 2 saturated heterocycles. The fourth-order valence-electron chi connectivity index (χ4n) is 4.05. The highest BCUT2D eigenvalue weighted by molar-refractivity contribution is 7.17. The fourth-order valence-corrected chi connectivity index (χ4v) is 5.03. The zero-order chi connectivity index (χ0) is 18.6. The molecule has 0 aliphatic carbocycles. The average molecular weight is 383 g/mol. The van der Waals surface area contributed by atoms with E-state index in [2.05, 4.69) is 12.1 Å². The fraction of sp³-hybridized carbons (Fsp3) is 0.455. The molecule has 4 rings (SSSR count). The molecule has 0 atom stereocenters. The molecule has 0 spiro atoms. The number of thiophene rings is 1. The molecule has 2 amide bonds. The molecule has 0 unspecified atom stereocenters. The number of benzene rings is 1. The van der Waals surface area contributed by atoms with Crippen LogP contribution in [-0.4, -0.2) is 47.8 Å². The van der Waals surface area contributed by atoms with Gasteiger partial charge in [-0.15, -0.1) is 11.3 Å². The first-order valence-corrected chi connectivity index (χ1v) is 10.7. The summed E-state index contributed by atoms with van der Waals surface area (Å²) in [7, 11) is 0. The number of likely N-dealkylation sites (tertiary alicyclic amines) is 2. The molecule has 3 heterocycles. The highest BCUT2D eigenvalue weighted by atomic mass is 32.1. The van der Waals surface area contributed by atoms with E-state index in [0.717, 1.165) is 67.2 Å². The van der Waals surface area contributed by atoms with Gasteiger partial charge in [0.15, 0.2) is 0 Å². The van der Waals surface area contributed by atoms with Crippen molar-refractivity contribution in [3.63, 3.8) is 0 Å². The van der Waals surface area contributed by atoms with Crippen LogP contribution in [-0.2, 0) is 4.79 Å². The molecule has 1 aromatic heterocycles. The molecule has 4 nitrogen and oxygen atoms in total. The van der Waals surface area contributed by atoms with Gasteiger partial charge in [-0.1, -0.05) is 30.3 Å². The third-order valence-corrected chi connectivity index (χ3v) is 6.80. The van der Waals surface area contributed by atoms with Gasteiger partial charge in [0, 0.05) is 37.5 Å². The summed E-state index contributed by atoms with van der Waals surface area (Å²) in [5.41, 5.74) is 1.16. The number of amides is 2. The van der Waals surface area contributed by atoms with E-state index in [-0.39, 0.29) is 5.91 Å². The Hall–Kier alpha value is -2.14. The lowest BCUT2D eigenvalue weighted by atomic mass is 9.95. The van der Waals surface area contributed by atoms with Gasteiger partial charge >= 0.3 is 0 Å².